The van der Waals surface area contributed by atoms with E-state index in [4.69, 9.17) is 9.63 Å². The molecule has 106 valence electrons. The summed E-state index contributed by atoms with van der Waals surface area (Å²) < 4.78 is 5.11. The van der Waals surface area contributed by atoms with Crippen molar-refractivity contribution in [2.24, 2.45) is 5.92 Å². The maximum absolute atomic E-state index is 11.1. The Kier molecular flexibility index (Phi) is 4.47. The second-order valence-electron chi connectivity index (χ2n) is 4.82. The van der Waals surface area contributed by atoms with Gasteiger partial charge in [0, 0.05) is 5.56 Å². The first-order valence-electron chi connectivity index (χ1n) is 6.42. The first kappa shape index (κ1) is 14.2. The van der Waals surface area contributed by atoms with Crippen LogP contribution in [0.15, 0.2) is 34.9 Å². The summed E-state index contributed by atoms with van der Waals surface area (Å²) >= 11 is 0. The van der Waals surface area contributed by atoms with Gasteiger partial charge in [-0.2, -0.15) is 4.98 Å². The zero-order valence-electron chi connectivity index (χ0n) is 11.4. The lowest BCUT2D eigenvalue weighted by Gasteiger charge is -2.16. The first-order valence-corrected chi connectivity index (χ1v) is 6.42. The highest BCUT2D eigenvalue weighted by molar-refractivity contribution is 5.73. The number of carboxylic acid groups (broad SMARTS) is 1. The molecular formula is C14H17N3O3. The van der Waals surface area contributed by atoms with Crippen LogP contribution in [0.4, 0.5) is 0 Å². The molecule has 1 aromatic heterocycles. The molecule has 0 amide bonds. The number of aliphatic carboxylic acids is 1. The third-order valence-electron chi connectivity index (χ3n) is 2.91. The van der Waals surface area contributed by atoms with E-state index in [1.807, 2.05) is 44.2 Å². The molecule has 6 nitrogen and oxygen atoms in total. The normalized spacial score (nSPS) is 12.6. The smallest absolute Gasteiger partial charge is 0.320 e. The van der Waals surface area contributed by atoms with Crippen LogP contribution in [0.1, 0.15) is 19.7 Å². The molecule has 20 heavy (non-hydrogen) atoms. The van der Waals surface area contributed by atoms with Crippen molar-refractivity contribution >= 4 is 5.97 Å². The van der Waals surface area contributed by atoms with Crippen molar-refractivity contribution in [3.8, 4) is 11.4 Å². The van der Waals surface area contributed by atoms with E-state index >= 15 is 0 Å². The second kappa shape index (κ2) is 6.29. The Balaban J connectivity index is 2.02. The molecule has 0 fully saturated rings. The SMILES string of the molecule is CC(C)C(NCc1nc(-c2ccccc2)no1)C(=O)O. The Labute approximate surface area is 116 Å². The number of carbonyl (C=O) groups is 1. The van der Waals surface area contributed by atoms with E-state index in [2.05, 4.69) is 15.5 Å². The lowest BCUT2D eigenvalue weighted by atomic mass is 10.1. The summed E-state index contributed by atoms with van der Waals surface area (Å²) in [5.41, 5.74) is 0.862. The summed E-state index contributed by atoms with van der Waals surface area (Å²) in [5.74, 6) is -0.0404. The van der Waals surface area contributed by atoms with E-state index < -0.39 is 12.0 Å². The molecule has 1 unspecified atom stereocenters. The van der Waals surface area contributed by atoms with Gasteiger partial charge in [0.2, 0.25) is 11.7 Å². The predicted molar refractivity (Wildman–Crippen MR) is 72.8 cm³/mol. The van der Waals surface area contributed by atoms with Gasteiger partial charge in [0.05, 0.1) is 6.54 Å². The third kappa shape index (κ3) is 3.42. The van der Waals surface area contributed by atoms with Crippen molar-refractivity contribution in [3.63, 3.8) is 0 Å². The van der Waals surface area contributed by atoms with Crippen LogP contribution in [-0.4, -0.2) is 27.3 Å². The van der Waals surface area contributed by atoms with E-state index in [0.29, 0.717) is 11.7 Å². The van der Waals surface area contributed by atoms with Crippen molar-refractivity contribution in [2.45, 2.75) is 26.4 Å². The highest BCUT2D eigenvalue weighted by atomic mass is 16.5. The number of hydrogen-bond donors (Lipinski definition) is 2. The van der Waals surface area contributed by atoms with Crippen molar-refractivity contribution in [1.82, 2.24) is 15.5 Å². The van der Waals surface area contributed by atoms with Crippen LogP contribution in [0.3, 0.4) is 0 Å². The van der Waals surface area contributed by atoms with Crippen LogP contribution in [0.25, 0.3) is 11.4 Å². The average Bonchev–Trinajstić information content (AvgIpc) is 2.88. The van der Waals surface area contributed by atoms with Gasteiger partial charge in [-0.3, -0.25) is 10.1 Å². The Morgan fingerprint density at radius 1 is 1.35 bits per heavy atom. The zero-order valence-corrected chi connectivity index (χ0v) is 11.4. The van der Waals surface area contributed by atoms with Crippen molar-refractivity contribution in [1.29, 1.82) is 0 Å². The van der Waals surface area contributed by atoms with Crippen molar-refractivity contribution in [2.75, 3.05) is 0 Å². The molecular weight excluding hydrogens is 258 g/mol. The Morgan fingerprint density at radius 3 is 2.65 bits per heavy atom. The van der Waals surface area contributed by atoms with Crippen LogP contribution in [0.5, 0.6) is 0 Å². The molecule has 1 aromatic carbocycles. The van der Waals surface area contributed by atoms with Gasteiger partial charge in [0.15, 0.2) is 0 Å². The molecule has 0 spiro atoms. The van der Waals surface area contributed by atoms with Gasteiger partial charge in [-0.1, -0.05) is 49.3 Å². The highest BCUT2D eigenvalue weighted by Gasteiger charge is 2.21. The topological polar surface area (TPSA) is 88.3 Å². The molecule has 1 atom stereocenters. The Bertz CT molecular complexity index is 566. The number of aromatic nitrogens is 2. The number of nitrogens with one attached hydrogen (secondary N) is 1. The molecule has 2 N–H and O–H groups in total. The molecule has 0 aliphatic carbocycles. The zero-order chi connectivity index (χ0) is 14.5. The molecule has 0 saturated heterocycles. The lowest BCUT2D eigenvalue weighted by molar-refractivity contribution is -0.140. The predicted octanol–water partition coefficient (Wildman–Crippen LogP) is 1.94. The fourth-order valence-electron chi connectivity index (χ4n) is 1.84. The molecule has 0 bridgehead atoms. The van der Waals surface area contributed by atoms with Gasteiger partial charge >= 0.3 is 5.97 Å². The maximum atomic E-state index is 11.1. The monoisotopic (exact) mass is 275 g/mol. The van der Waals surface area contributed by atoms with E-state index in [0.717, 1.165) is 5.56 Å². The van der Waals surface area contributed by atoms with Gasteiger partial charge < -0.3 is 9.63 Å². The Morgan fingerprint density at radius 2 is 2.05 bits per heavy atom. The van der Waals surface area contributed by atoms with Crippen LogP contribution in [0, 0.1) is 5.92 Å². The maximum Gasteiger partial charge on any atom is 0.320 e. The van der Waals surface area contributed by atoms with Gasteiger partial charge in [-0.25, -0.2) is 0 Å². The van der Waals surface area contributed by atoms with Crippen molar-refractivity contribution < 1.29 is 14.4 Å². The highest BCUT2D eigenvalue weighted by Crippen LogP contribution is 2.14. The largest absolute Gasteiger partial charge is 0.480 e. The van der Waals surface area contributed by atoms with E-state index in [1.54, 1.807) is 0 Å². The number of benzene rings is 1. The molecule has 0 saturated carbocycles. The summed E-state index contributed by atoms with van der Waals surface area (Å²) in [6, 6.07) is 8.83. The molecule has 2 rings (SSSR count). The summed E-state index contributed by atoms with van der Waals surface area (Å²) in [4.78, 5) is 15.3. The number of rotatable bonds is 6. The fourth-order valence-corrected chi connectivity index (χ4v) is 1.84. The fraction of sp³-hybridized carbons (Fsp3) is 0.357. The van der Waals surface area contributed by atoms with Crippen LogP contribution in [0.2, 0.25) is 0 Å². The Hall–Kier alpha value is -2.21. The standard InChI is InChI=1S/C14H17N3O3/c1-9(2)12(14(18)19)15-8-11-16-13(17-20-11)10-6-4-3-5-7-10/h3-7,9,12,15H,8H2,1-2H3,(H,18,19). The quantitative estimate of drug-likeness (QED) is 0.837. The molecule has 0 aliphatic heterocycles. The number of hydrogen-bond acceptors (Lipinski definition) is 5. The third-order valence-corrected chi connectivity index (χ3v) is 2.91. The minimum Gasteiger partial charge on any atom is -0.480 e. The van der Waals surface area contributed by atoms with Gasteiger partial charge in [0.25, 0.3) is 0 Å². The van der Waals surface area contributed by atoms with Gasteiger partial charge in [0.1, 0.15) is 6.04 Å². The molecule has 0 aliphatic rings. The van der Waals surface area contributed by atoms with E-state index in [-0.39, 0.29) is 12.5 Å². The molecule has 6 heteroatoms. The number of nitrogens with zero attached hydrogens (tertiary/aromatic N) is 2. The minimum absolute atomic E-state index is 0.0241. The van der Waals surface area contributed by atoms with Crippen LogP contribution < -0.4 is 5.32 Å². The molecule has 0 radical (unpaired) electrons. The summed E-state index contributed by atoms with van der Waals surface area (Å²) in [7, 11) is 0. The van der Waals surface area contributed by atoms with Crippen molar-refractivity contribution in [3.05, 3.63) is 36.2 Å². The van der Waals surface area contributed by atoms with Gasteiger partial charge in [-0.05, 0) is 5.92 Å². The number of carboxylic acids is 1. The van der Waals surface area contributed by atoms with Crippen LogP contribution >= 0.6 is 0 Å². The summed E-state index contributed by atoms with van der Waals surface area (Å²) in [6.07, 6.45) is 0. The van der Waals surface area contributed by atoms with Crippen LogP contribution in [-0.2, 0) is 11.3 Å². The molecule has 1 heterocycles. The molecule has 2 aromatic rings. The summed E-state index contributed by atoms with van der Waals surface area (Å²) in [6.45, 7) is 3.92. The minimum atomic E-state index is -0.886. The second-order valence-corrected chi connectivity index (χ2v) is 4.82. The van der Waals surface area contributed by atoms with Gasteiger partial charge in [-0.15, -0.1) is 0 Å². The average molecular weight is 275 g/mol. The van der Waals surface area contributed by atoms with E-state index in [1.165, 1.54) is 0 Å². The first-order chi connectivity index (χ1) is 9.58. The summed E-state index contributed by atoms with van der Waals surface area (Å²) in [5, 5.41) is 15.9. The lowest BCUT2D eigenvalue weighted by Crippen LogP contribution is -2.40. The van der Waals surface area contributed by atoms with E-state index in [9.17, 15) is 4.79 Å².